The third-order valence-electron chi connectivity index (χ3n) is 3.95. The molecule has 1 aromatic heterocycles. The largest absolute Gasteiger partial charge is 0.369 e. The molecule has 3 aromatic rings. The van der Waals surface area contributed by atoms with Gasteiger partial charge in [-0.25, -0.2) is 0 Å². The van der Waals surface area contributed by atoms with E-state index in [0.29, 0.717) is 26.6 Å². The number of amides is 1. The summed E-state index contributed by atoms with van der Waals surface area (Å²) in [5.74, 6) is 0.553. The first-order chi connectivity index (χ1) is 12.9. The minimum Gasteiger partial charge on any atom is -0.369 e. The molecule has 0 bridgehead atoms. The number of nitrogens with two attached hydrogens (primary N) is 1. The Morgan fingerprint density at radius 1 is 1.19 bits per heavy atom. The quantitative estimate of drug-likeness (QED) is 0.572. The Bertz CT molecular complexity index is 988. The van der Waals surface area contributed by atoms with Gasteiger partial charge in [0.15, 0.2) is 11.0 Å². The van der Waals surface area contributed by atoms with Crippen LogP contribution in [0.2, 0.25) is 10.0 Å². The molecule has 0 radical (unpaired) electrons. The Morgan fingerprint density at radius 2 is 1.93 bits per heavy atom. The van der Waals surface area contributed by atoms with Crippen molar-refractivity contribution in [2.75, 3.05) is 5.75 Å². The van der Waals surface area contributed by atoms with E-state index in [9.17, 15) is 4.79 Å². The van der Waals surface area contributed by atoms with E-state index >= 15 is 0 Å². The van der Waals surface area contributed by atoms with Crippen molar-refractivity contribution in [2.45, 2.75) is 24.9 Å². The van der Waals surface area contributed by atoms with Gasteiger partial charge in [0.1, 0.15) is 0 Å². The van der Waals surface area contributed by atoms with E-state index in [-0.39, 0.29) is 11.7 Å². The molecule has 1 amide bonds. The fourth-order valence-electron chi connectivity index (χ4n) is 2.74. The smallest absolute Gasteiger partial charge is 0.227 e. The van der Waals surface area contributed by atoms with Gasteiger partial charge in [-0.3, -0.25) is 9.36 Å². The molecule has 140 valence electrons. The molecule has 0 aliphatic carbocycles. The number of nitrogens with zero attached hydrogens (tertiary/aromatic N) is 3. The third-order valence-corrected chi connectivity index (χ3v) is 5.45. The van der Waals surface area contributed by atoms with Gasteiger partial charge in [0.25, 0.3) is 0 Å². The molecule has 0 aliphatic rings. The summed E-state index contributed by atoms with van der Waals surface area (Å²) in [5, 5.41) is 10.2. The first-order valence-corrected chi connectivity index (χ1v) is 10.0. The topological polar surface area (TPSA) is 73.8 Å². The van der Waals surface area contributed by atoms with Crippen molar-refractivity contribution >= 4 is 40.9 Å². The summed E-state index contributed by atoms with van der Waals surface area (Å²) in [4.78, 5) is 11.3. The summed E-state index contributed by atoms with van der Waals surface area (Å²) >= 11 is 13.7. The van der Waals surface area contributed by atoms with Crippen molar-refractivity contribution in [3.63, 3.8) is 0 Å². The molecule has 0 aliphatic heterocycles. The Kier molecular flexibility index (Phi) is 6.09. The van der Waals surface area contributed by atoms with E-state index in [0.717, 1.165) is 11.3 Å². The lowest BCUT2D eigenvalue weighted by molar-refractivity contribution is -0.115. The highest BCUT2D eigenvalue weighted by atomic mass is 35.5. The zero-order chi connectivity index (χ0) is 19.6. The summed E-state index contributed by atoms with van der Waals surface area (Å²) in [5.41, 5.74) is 8.08. The van der Waals surface area contributed by atoms with Crippen molar-refractivity contribution < 1.29 is 4.79 Å². The second kappa shape index (κ2) is 8.33. The molecule has 8 heteroatoms. The van der Waals surface area contributed by atoms with E-state index < -0.39 is 5.91 Å². The number of rotatable bonds is 6. The van der Waals surface area contributed by atoms with Gasteiger partial charge < -0.3 is 5.73 Å². The third kappa shape index (κ3) is 4.29. The molecular weight excluding hydrogens is 403 g/mol. The van der Waals surface area contributed by atoms with Crippen LogP contribution in [0, 0.1) is 0 Å². The van der Waals surface area contributed by atoms with Crippen molar-refractivity contribution in [1.82, 2.24) is 14.8 Å². The Morgan fingerprint density at radius 3 is 2.59 bits per heavy atom. The van der Waals surface area contributed by atoms with Crippen LogP contribution >= 0.6 is 35.0 Å². The van der Waals surface area contributed by atoms with Gasteiger partial charge >= 0.3 is 0 Å². The van der Waals surface area contributed by atoms with E-state index in [1.54, 1.807) is 12.1 Å². The number of benzene rings is 2. The number of para-hydroxylation sites is 1. The number of thioether (sulfide) groups is 1. The summed E-state index contributed by atoms with van der Waals surface area (Å²) in [7, 11) is 0. The summed E-state index contributed by atoms with van der Waals surface area (Å²) < 4.78 is 1.91. The van der Waals surface area contributed by atoms with Gasteiger partial charge in [-0.15, -0.1) is 10.2 Å². The van der Waals surface area contributed by atoms with Gasteiger partial charge in [-0.1, -0.05) is 67.0 Å². The zero-order valence-corrected chi connectivity index (χ0v) is 17.1. The van der Waals surface area contributed by atoms with Crippen LogP contribution in [0.15, 0.2) is 47.6 Å². The van der Waals surface area contributed by atoms with Crippen molar-refractivity contribution in [3.05, 3.63) is 58.1 Å². The van der Waals surface area contributed by atoms with E-state index in [1.807, 2.05) is 28.8 Å². The Hall–Kier alpha value is -2.02. The SMILES string of the molecule is CC(C)c1ccccc1-n1c(SCC(N)=O)nnc1-c1ccc(Cl)cc1Cl. The van der Waals surface area contributed by atoms with Crippen LogP contribution in [0.1, 0.15) is 25.3 Å². The van der Waals surface area contributed by atoms with Gasteiger partial charge in [-0.05, 0) is 35.7 Å². The maximum atomic E-state index is 11.3. The maximum absolute atomic E-state index is 11.3. The number of hydrogen-bond acceptors (Lipinski definition) is 4. The van der Waals surface area contributed by atoms with Crippen LogP contribution in [-0.2, 0) is 4.79 Å². The van der Waals surface area contributed by atoms with E-state index in [4.69, 9.17) is 28.9 Å². The molecule has 0 unspecified atom stereocenters. The van der Waals surface area contributed by atoms with Gasteiger partial charge in [0.2, 0.25) is 5.91 Å². The Labute approximate surface area is 171 Å². The molecule has 27 heavy (non-hydrogen) atoms. The molecule has 0 atom stereocenters. The molecule has 0 spiro atoms. The average Bonchev–Trinajstić information content (AvgIpc) is 3.03. The standard InChI is InChI=1S/C19H18Cl2N4OS/c1-11(2)13-5-3-4-6-16(13)25-18(14-8-7-12(20)9-15(14)21)23-24-19(25)27-10-17(22)26/h3-9,11H,10H2,1-2H3,(H2,22,26). The molecule has 1 heterocycles. The Balaban J connectivity index is 2.23. The number of aromatic nitrogens is 3. The fourth-order valence-corrected chi connectivity index (χ4v) is 3.92. The lowest BCUT2D eigenvalue weighted by Crippen LogP contribution is -2.14. The van der Waals surface area contributed by atoms with Crippen LogP contribution in [0.5, 0.6) is 0 Å². The van der Waals surface area contributed by atoms with Crippen LogP contribution in [0.3, 0.4) is 0 Å². The van der Waals surface area contributed by atoms with Crippen molar-refractivity contribution in [2.24, 2.45) is 5.73 Å². The van der Waals surface area contributed by atoms with Gasteiger partial charge in [0, 0.05) is 10.6 Å². The average molecular weight is 421 g/mol. The van der Waals surface area contributed by atoms with Crippen LogP contribution in [0.4, 0.5) is 0 Å². The summed E-state index contributed by atoms with van der Waals surface area (Å²) in [6, 6.07) is 13.3. The summed E-state index contributed by atoms with van der Waals surface area (Å²) in [6.07, 6.45) is 0. The number of carbonyl (C=O) groups is 1. The van der Waals surface area contributed by atoms with Crippen LogP contribution < -0.4 is 5.73 Å². The predicted octanol–water partition coefficient (Wildman–Crippen LogP) is 4.94. The van der Waals surface area contributed by atoms with E-state index in [2.05, 4.69) is 30.1 Å². The highest BCUT2D eigenvalue weighted by Crippen LogP contribution is 2.35. The highest BCUT2D eigenvalue weighted by Gasteiger charge is 2.21. The molecule has 3 rings (SSSR count). The van der Waals surface area contributed by atoms with Crippen LogP contribution in [-0.4, -0.2) is 26.4 Å². The fraction of sp³-hybridized carbons (Fsp3) is 0.211. The van der Waals surface area contributed by atoms with Crippen molar-refractivity contribution in [3.8, 4) is 17.1 Å². The lowest BCUT2D eigenvalue weighted by atomic mass is 10.0. The first kappa shape index (κ1) is 19.7. The summed E-state index contributed by atoms with van der Waals surface area (Å²) in [6.45, 7) is 4.24. The van der Waals surface area contributed by atoms with Crippen LogP contribution in [0.25, 0.3) is 17.1 Å². The highest BCUT2D eigenvalue weighted by molar-refractivity contribution is 7.99. The second-order valence-electron chi connectivity index (χ2n) is 6.23. The molecule has 2 N–H and O–H groups in total. The lowest BCUT2D eigenvalue weighted by Gasteiger charge is -2.17. The minimum atomic E-state index is -0.419. The number of halogens is 2. The zero-order valence-electron chi connectivity index (χ0n) is 14.8. The monoisotopic (exact) mass is 420 g/mol. The second-order valence-corrected chi connectivity index (χ2v) is 8.02. The molecular formula is C19H18Cl2N4OS. The molecule has 0 saturated heterocycles. The van der Waals surface area contributed by atoms with Gasteiger partial charge in [0.05, 0.1) is 16.5 Å². The first-order valence-electron chi connectivity index (χ1n) is 8.29. The predicted molar refractivity (Wildman–Crippen MR) is 111 cm³/mol. The number of hydrogen-bond donors (Lipinski definition) is 1. The minimum absolute atomic E-state index is 0.107. The number of primary amides is 1. The molecule has 0 fully saturated rings. The maximum Gasteiger partial charge on any atom is 0.227 e. The normalized spacial score (nSPS) is 11.1. The molecule has 0 saturated carbocycles. The van der Waals surface area contributed by atoms with E-state index in [1.165, 1.54) is 11.8 Å². The van der Waals surface area contributed by atoms with Gasteiger partial charge in [-0.2, -0.15) is 0 Å². The van der Waals surface area contributed by atoms with Crippen molar-refractivity contribution in [1.29, 1.82) is 0 Å². The molecule has 2 aromatic carbocycles. The number of carbonyl (C=O) groups excluding carboxylic acids is 1. The molecule has 5 nitrogen and oxygen atoms in total.